The first kappa shape index (κ1) is 21.8. The van der Waals surface area contributed by atoms with Gasteiger partial charge in [-0.25, -0.2) is 4.79 Å². The normalized spacial score (nSPS) is 27.3. The second-order valence-electron chi connectivity index (χ2n) is 9.07. The molecule has 0 heterocycles. The third-order valence-electron chi connectivity index (χ3n) is 7.61. The van der Waals surface area contributed by atoms with Crippen LogP contribution in [0.3, 0.4) is 0 Å². The highest BCUT2D eigenvalue weighted by atomic mass is 35.5. The molecule has 2 saturated carbocycles. The van der Waals surface area contributed by atoms with Crippen LogP contribution in [0.15, 0.2) is 53.7 Å². The molecule has 2 unspecified atom stereocenters. The minimum Gasteiger partial charge on any atom is -0.324 e. The molecule has 2 aromatic carbocycles. The zero-order chi connectivity index (χ0) is 22.4. The standard InChI is InChI=1S/C24H24Cl2N2O3/c1-22(2)23(3)12-13-24(22,21(30)27-18-7-5-4-6-17(18)26)14-19(23)28-31-20(29)15-8-10-16(25)11-9-15/h4-11H,12-14H2,1-3H3,(H,27,30). The molecule has 1 N–H and O–H groups in total. The lowest BCUT2D eigenvalue weighted by atomic mass is 9.64. The number of carbonyl (C=O) groups excluding carboxylic acids is 2. The average Bonchev–Trinajstić information content (AvgIpc) is 3.05. The van der Waals surface area contributed by atoms with Crippen molar-refractivity contribution in [1.29, 1.82) is 0 Å². The van der Waals surface area contributed by atoms with E-state index >= 15 is 0 Å². The number of oxime groups is 1. The second kappa shape index (κ2) is 7.64. The number of benzene rings is 2. The molecule has 4 rings (SSSR count). The first-order chi connectivity index (χ1) is 14.6. The van der Waals surface area contributed by atoms with Gasteiger partial charge in [-0.05, 0) is 54.7 Å². The van der Waals surface area contributed by atoms with E-state index < -0.39 is 11.4 Å². The minimum absolute atomic E-state index is 0.0800. The lowest BCUT2D eigenvalue weighted by Gasteiger charge is -2.39. The monoisotopic (exact) mass is 458 g/mol. The fourth-order valence-electron chi connectivity index (χ4n) is 5.06. The molecule has 5 nitrogen and oxygen atoms in total. The van der Waals surface area contributed by atoms with Crippen LogP contribution in [0.2, 0.25) is 10.0 Å². The molecule has 2 atom stereocenters. The van der Waals surface area contributed by atoms with Gasteiger partial charge < -0.3 is 10.2 Å². The molecule has 162 valence electrons. The number of nitrogens with zero attached hydrogens (tertiary/aromatic N) is 1. The van der Waals surface area contributed by atoms with Crippen molar-refractivity contribution in [1.82, 2.24) is 0 Å². The quantitative estimate of drug-likeness (QED) is 0.427. The van der Waals surface area contributed by atoms with Crippen molar-refractivity contribution in [3.8, 4) is 0 Å². The van der Waals surface area contributed by atoms with E-state index in [0.29, 0.717) is 27.7 Å². The molecule has 2 aliphatic rings. The summed E-state index contributed by atoms with van der Waals surface area (Å²) in [5.41, 5.74) is 0.300. The Morgan fingerprint density at radius 1 is 1.00 bits per heavy atom. The first-order valence-electron chi connectivity index (χ1n) is 10.2. The van der Waals surface area contributed by atoms with Crippen molar-refractivity contribution in [2.24, 2.45) is 21.4 Å². The third-order valence-corrected chi connectivity index (χ3v) is 8.19. The van der Waals surface area contributed by atoms with E-state index in [1.165, 1.54) is 0 Å². The van der Waals surface area contributed by atoms with Crippen molar-refractivity contribution in [2.75, 3.05) is 5.32 Å². The van der Waals surface area contributed by atoms with E-state index in [2.05, 4.69) is 31.2 Å². The van der Waals surface area contributed by atoms with Gasteiger partial charge in [0.15, 0.2) is 0 Å². The molecule has 0 spiro atoms. The van der Waals surface area contributed by atoms with Crippen molar-refractivity contribution in [3.05, 3.63) is 64.1 Å². The molecule has 2 aliphatic carbocycles. The number of hydrogen-bond donors (Lipinski definition) is 1. The molecule has 0 aliphatic heterocycles. The SMILES string of the molecule is CC12CCC(C(=O)Nc3ccccc3Cl)(CC1=NOC(=O)c1ccc(Cl)cc1)C2(C)C. The number of anilines is 1. The van der Waals surface area contributed by atoms with Gasteiger partial charge in [0.25, 0.3) is 0 Å². The largest absolute Gasteiger partial charge is 0.365 e. The number of carbonyl (C=O) groups is 2. The number of halogens is 2. The Labute approximate surface area is 191 Å². The zero-order valence-electron chi connectivity index (χ0n) is 17.7. The summed E-state index contributed by atoms with van der Waals surface area (Å²) in [6.45, 7) is 6.28. The summed E-state index contributed by atoms with van der Waals surface area (Å²) < 4.78 is 0. The predicted octanol–water partition coefficient (Wildman–Crippen LogP) is 6.36. The highest BCUT2D eigenvalue weighted by Gasteiger charge is 2.71. The number of rotatable bonds is 4. The van der Waals surface area contributed by atoms with Crippen molar-refractivity contribution >= 4 is 46.5 Å². The summed E-state index contributed by atoms with van der Waals surface area (Å²) in [5.74, 6) is -0.633. The van der Waals surface area contributed by atoms with E-state index in [-0.39, 0.29) is 16.7 Å². The van der Waals surface area contributed by atoms with E-state index in [1.54, 1.807) is 36.4 Å². The fourth-order valence-corrected chi connectivity index (χ4v) is 5.37. The molecule has 1 amide bonds. The molecule has 0 saturated heterocycles. The Bertz CT molecular complexity index is 1080. The van der Waals surface area contributed by atoms with E-state index in [1.807, 2.05) is 12.1 Å². The van der Waals surface area contributed by atoms with Crippen molar-refractivity contribution < 1.29 is 14.4 Å². The zero-order valence-corrected chi connectivity index (χ0v) is 19.2. The van der Waals surface area contributed by atoms with Crippen LogP contribution in [-0.2, 0) is 9.63 Å². The molecule has 31 heavy (non-hydrogen) atoms. The number of nitrogens with one attached hydrogen (secondary N) is 1. The third kappa shape index (κ3) is 3.35. The van der Waals surface area contributed by atoms with Gasteiger partial charge in [0, 0.05) is 16.9 Å². The average molecular weight is 459 g/mol. The van der Waals surface area contributed by atoms with Crippen LogP contribution < -0.4 is 5.32 Å². The fraction of sp³-hybridized carbons (Fsp3) is 0.375. The Hall–Kier alpha value is -2.37. The molecular weight excluding hydrogens is 435 g/mol. The van der Waals surface area contributed by atoms with Crippen molar-refractivity contribution in [2.45, 2.75) is 40.0 Å². The van der Waals surface area contributed by atoms with Crippen LogP contribution >= 0.6 is 23.2 Å². The summed E-state index contributed by atoms with van der Waals surface area (Å²) >= 11 is 12.1. The predicted molar refractivity (Wildman–Crippen MR) is 123 cm³/mol. The van der Waals surface area contributed by atoms with Crippen LogP contribution in [0, 0.1) is 16.2 Å². The molecule has 7 heteroatoms. The number of fused-ring (bicyclic) bond motifs is 2. The van der Waals surface area contributed by atoms with Crippen LogP contribution in [-0.4, -0.2) is 17.6 Å². The summed E-state index contributed by atoms with van der Waals surface area (Å²) in [7, 11) is 0. The van der Waals surface area contributed by atoms with Gasteiger partial charge in [0.05, 0.1) is 27.4 Å². The summed E-state index contributed by atoms with van der Waals surface area (Å²) in [5, 5.41) is 8.30. The van der Waals surface area contributed by atoms with Gasteiger partial charge in [0.1, 0.15) is 0 Å². The minimum atomic E-state index is -0.660. The summed E-state index contributed by atoms with van der Waals surface area (Å²) in [4.78, 5) is 31.2. The Morgan fingerprint density at radius 2 is 1.68 bits per heavy atom. The first-order valence-corrected chi connectivity index (χ1v) is 11.0. The van der Waals surface area contributed by atoms with Gasteiger partial charge in [0.2, 0.25) is 5.91 Å². The van der Waals surface area contributed by atoms with Gasteiger partial charge in [-0.2, -0.15) is 0 Å². The molecule has 0 radical (unpaired) electrons. The molecule has 2 bridgehead atoms. The van der Waals surface area contributed by atoms with Gasteiger partial charge in [-0.15, -0.1) is 0 Å². The Morgan fingerprint density at radius 3 is 2.35 bits per heavy atom. The smallest absolute Gasteiger partial charge is 0.324 e. The number of hydrogen-bond acceptors (Lipinski definition) is 4. The van der Waals surface area contributed by atoms with Crippen molar-refractivity contribution in [3.63, 3.8) is 0 Å². The number of amides is 1. The van der Waals surface area contributed by atoms with E-state index in [9.17, 15) is 9.59 Å². The maximum absolute atomic E-state index is 13.5. The van der Waals surface area contributed by atoms with Gasteiger partial charge >= 0.3 is 5.97 Å². The second-order valence-corrected chi connectivity index (χ2v) is 9.92. The maximum Gasteiger partial charge on any atom is 0.365 e. The van der Waals surface area contributed by atoms with E-state index in [4.69, 9.17) is 28.0 Å². The molecule has 2 fully saturated rings. The lowest BCUT2D eigenvalue weighted by Crippen LogP contribution is -2.43. The number of para-hydroxylation sites is 1. The maximum atomic E-state index is 13.5. The van der Waals surface area contributed by atoms with Crippen LogP contribution in [0.4, 0.5) is 5.69 Å². The Kier molecular flexibility index (Phi) is 5.39. The topological polar surface area (TPSA) is 67.8 Å². The van der Waals surface area contributed by atoms with Crippen LogP contribution in [0.5, 0.6) is 0 Å². The molecule has 0 aromatic heterocycles. The van der Waals surface area contributed by atoms with E-state index in [0.717, 1.165) is 18.6 Å². The summed E-state index contributed by atoms with van der Waals surface area (Å²) in [6, 6.07) is 13.6. The Balaban J connectivity index is 1.59. The lowest BCUT2D eigenvalue weighted by molar-refractivity contribution is -0.130. The summed E-state index contributed by atoms with van der Waals surface area (Å²) in [6.07, 6.45) is 1.95. The van der Waals surface area contributed by atoms with Gasteiger partial charge in [-0.1, -0.05) is 61.3 Å². The van der Waals surface area contributed by atoms with Gasteiger partial charge in [-0.3, -0.25) is 4.79 Å². The van der Waals surface area contributed by atoms with Crippen LogP contribution in [0.1, 0.15) is 50.4 Å². The van der Waals surface area contributed by atoms with Crippen LogP contribution in [0.25, 0.3) is 0 Å². The molecule has 2 aromatic rings. The molecular formula is C24H24Cl2N2O3. The highest BCUT2D eigenvalue weighted by molar-refractivity contribution is 6.33. The highest BCUT2D eigenvalue weighted by Crippen LogP contribution is 2.71.